The zero-order chi connectivity index (χ0) is 18.8. The van der Waals surface area contributed by atoms with E-state index < -0.39 is 10.9 Å². The van der Waals surface area contributed by atoms with Gasteiger partial charge < -0.3 is 13.9 Å². The van der Waals surface area contributed by atoms with Crippen molar-refractivity contribution in [2.75, 3.05) is 7.11 Å². The number of hydrogen-bond donors (Lipinski definition) is 0. The molecule has 1 heterocycles. The number of aryl methyl sites for hydroxylation is 1. The number of halogens is 1. The lowest BCUT2D eigenvalue weighted by Crippen LogP contribution is -2.02. The fraction of sp³-hybridized carbons (Fsp3) is 0.167. The van der Waals surface area contributed by atoms with Crippen molar-refractivity contribution in [2.45, 2.75) is 13.5 Å². The summed E-state index contributed by atoms with van der Waals surface area (Å²) < 4.78 is 16.8. The van der Waals surface area contributed by atoms with Gasteiger partial charge in [0.1, 0.15) is 29.3 Å². The van der Waals surface area contributed by atoms with E-state index in [0.29, 0.717) is 38.1 Å². The minimum absolute atomic E-state index is 0.000875. The monoisotopic (exact) mass is 419 g/mol. The number of carbonyl (C=O) groups is 1. The van der Waals surface area contributed by atoms with Gasteiger partial charge in [0.25, 0.3) is 5.69 Å². The Bertz CT molecular complexity index is 1010. The predicted octanol–water partition coefficient (Wildman–Crippen LogP) is 4.78. The number of benzene rings is 2. The first-order chi connectivity index (χ1) is 12.4. The second kappa shape index (κ2) is 7.17. The molecule has 0 bridgehead atoms. The molecule has 0 saturated heterocycles. The van der Waals surface area contributed by atoms with Crippen LogP contribution in [0.15, 0.2) is 45.3 Å². The van der Waals surface area contributed by atoms with Crippen LogP contribution in [0.3, 0.4) is 0 Å². The average molecular weight is 420 g/mol. The zero-order valence-electron chi connectivity index (χ0n) is 13.9. The van der Waals surface area contributed by atoms with Gasteiger partial charge in [-0.15, -0.1) is 0 Å². The normalized spacial score (nSPS) is 10.7. The van der Waals surface area contributed by atoms with Crippen LogP contribution >= 0.6 is 15.9 Å². The number of ether oxygens (including phenoxy) is 2. The van der Waals surface area contributed by atoms with Crippen LogP contribution in [-0.2, 0) is 11.3 Å². The number of fused-ring (bicyclic) bond motifs is 1. The molecule has 1 aromatic heterocycles. The molecule has 0 aliphatic carbocycles. The van der Waals surface area contributed by atoms with Gasteiger partial charge in [0, 0.05) is 17.5 Å². The summed E-state index contributed by atoms with van der Waals surface area (Å²) in [5.41, 5.74) is 1.52. The Balaban J connectivity index is 1.93. The molecular formula is C18H14BrNO6. The number of nitro benzene ring substituents is 1. The molecule has 0 saturated carbocycles. The number of methoxy groups -OCH3 is 1. The van der Waals surface area contributed by atoms with Gasteiger partial charge in [0.2, 0.25) is 0 Å². The lowest BCUT2D eigenvalue weighted by molar-refractivity contribution is -0.384. The van der Waals surface area contributed by atoms with Crippen molar-refractivity contribution in [3.05, 3.63) is 67.9 Å². The molecule has 0 radical (unpaired) electrons. The number of nitro groups is 1. The Hall–Kier alpha value is -2.87. The number of furan rings is 1. The smallest absolute Gasteiger partial charge is 0.342 e. The molecule has 0 N–H and O–H groups in total. The highest BCUT2D eigenvalue weighted by Gasteiger charge is 2.20. The third kappa shape index (κ3) is 3.41. The summed E-state index contributed by atoms with van der Waals surface area (Å²) in [5, 5.41) is 11.4. The van der Waals surface area contributed by atoms with Crippen LogP contribution in [0.5, 0.6) is 5.75 Å². The molecule has 0 aliphatic heterocycles. The second-order valence-corrected chi connectivity index (χ2v) is 6.37. The van der Waals surface area contributed by atoms with Gasteiger partial charge in [-0.3, -0.25) is 10.1 Å². The fourth-order valence-corrected chi connectivity index (χ4v) is 3.04. The lowest BCUT2D eigenvalue weighted by Gasteiger charge is -2.09. The van der Waals surface area contributed by atoms with Crippen LogP contribution in [0.1, 0.15) is 21.7 Å². The number of non-ortho nitro benzene ring substituents is 1. The van der Waals surface area contributed by atoms with Crippen LogP contribution in [-0.4, -0.2) is 18.0 Å². The third-order valence-corrected chi connectivity index (χ3v) is 4.44. The summed E-state index contributed by atoms with van der Waals surface area (Å²) in [6.45, 7) is 1.82. The number of nitrogens with zero attached hydrogens (tertiary/aromatic N) is 1. The van der Waals surface area contributed by atoms with E-state index in [-0.39, 0.29) is 12.3 Å². The van der Waals surface area contributed by atoms with Crippen molar-refractivity contribution in [3.8, 4) is 5.75 Å². The molecule has 134 valence electrons. The SMILES string of the molecule is COC(=O)c1c(C)oc2cc(Br)c(OCc3cccc([N+](=O)[O-])c3)cc12. The van der Waals surface area contributed by atoms with E-state index in [1.807, 2.05) is 0 Å². The minimum atomic E-state index is -0.492. The zero-order valence-corrected chi connectivity index (χ0v) is 15.5. The van der Waals surface area contributed by atoms with Crippen molar-refractivity contribution < 1.29 is 23.6 Å². The van der Waals surface area contributed by atoms with Crippen LogP contribution < -0.4 is 4.74 Å². The maximum atomic E-state index is 12.0. The van der Waals surface area contributed by atoms with E-state index in [2.05, 4.69) is 15.9 Å². The second-order valence-electron chi connectivity index (χ2n) is 5.52. The van der Waals surface area contributed by atoms with Gasteiger partial charge in [-0.1, -0.05) is 12.1 Å². The number of rotatable bonds is 5. The molecule has 26 heavy (non-hydrogen) atoms. The van der Waals surface area contributed by atoms with Crippen LogP contribution in [0.2, 0.25) is 0 Å². The predicted molar refractivity (Wildman–Crippen MR) is 97.4 cm³/mol. The van der Waals surface area contributed by atoms with Gasteiger partial charge in [-0.2, -0.15) is 0 Å². The average Bonchev–Trinajstić information content (AvgIpc) is 2.93. The fourth-order valence-electron chi connectivity index (χ4n) is 2.61. The molecule has 0 atom stereocenters. The van der Waals surface area contributed by atoms with Crippen molar-refractivity contribution in [1.29, 1.82) is 0 Å². The van der Waals surface area contributed by atoms with Crippen molar-refractivity contribution in [2.24, 2.45) is 0 Å². The first-order valence-corrected chi connectivity index (χ1v) is 8.37. The van der Waals surface area contributed by atoms with Gasteiger partial charge in [0.15, 0.2) is 0 Å². The summed E-state index contributed by atoms with van der Waals surface area (Å²) in [4.78, 5) is 22.4. The Kier molecular flexibility index (Phi) is 4.94. The molecule has 8 heteroatoms. The summed E-state index contributed by atoms with van der Waals surface area (Å²) in [6.07, 6.45) is 0. The molecular weight excluding hydrogens is 406 g/mol. The van der Waals surface area contributed by atoms with E-state index in [1.165, 1.54) is 19.2 Å². The molecule has 0 spiro atoms. The van der Waals surface area contributed by atoms with E-state index in [1.54, 1.807) is 31.2 Å². The first kappa shape index (κ1) is 17.9. The molecule has 7 nitrogen and oxygen atoms in total. The highest BCUT2D eigenvalue weighted by Crippen LogP contribution is 2.35. The molecule has 0 aliphatic rings. The maximum Gasteiger partial charge on any atom is 0.342 e. The summed E-state index contributed by atoms with van der Waals surface area (Å²) in [7, 11) is 1.30. The lowest BCUT2D eigenvalue weighted by atomic mass is 10.1. The molecule has 0 amide bonds. The quantitative estimate of drug-likeness (QED) is 0.335. The van der Waals surface area contributed by atoms with Crippen LogP contribution in [0.25, 0.3) is 11.0 Å². The Morgan fingerprint density at radius 2 is 2.08 bits per heavy atom. The van der Waals surface area contributed by atoms with Crippen LogP contribution in [0, 0.1) is 17.0 Å². The molecule has 3 rings (SSSR count). The molecule has 3 aromatic rings. The maximum absolute atomic E-state index is 12.0. The number of carbonyl (C=O) groups excluding carboxylic acids is 1. The minimum Gasteiger partial charge on any atom is -0.488 e. The van der Waals surface area contributed by atoms with Gasteiger partial charge in [0.05, 0.1) is 16.5 Å². The highest BCUT2D eigenvalue weighted by molar-refractivity contribution is 9.10. The van der Waals surface area contributed by atoms with Crippen molar-refractivity contribution >= 4 is 38.6 Å². The van der Waals surface area contributed by atoms with Gasteiger partial charge in [-0.05, 0) is 40.5 Å². The topological polar surface area (TPSA) is 91.8 Å². The van der Waals surface area contributed by atoms with E-state index in [0.717, 1.165) is 0 Å². The molecule has 2 aromatic carbocycles. The van der Waals surface area contributed by atoms with E-state index in [9.17, 15) is 14.9 Å². The number of esters is 1. The third-order valence-electron chi connectivity index (χ3n) is 3.82. The van der Waals surface area contributed by atoms with Crippen LogP contribution in [0.4, 0.5) is 5.69 Å². The van der Waals surface area contributed by atoms with Crippen molar-refractivity contribution in [1.82, 2.24) is 0 Å². The summed E-state index contributed by atoms with van der Waals surface area (Å²) >= 11 is 3.41. The van der Waals surface area contributed by atoms with E-state index in [4.69, 9.17) is 13.9 Å². The Morgan fingerprint density at radius 3 is 2.77 bits per heavy atom. The first-order valence-electron chi connectivity index (χ1n) is 7.57. The summed E-state index contributed by atoms with van der Waals surface area (Å²) in [6, 6.07) is 9.60. The highest BCUT2D eigenvalue weighted by atomic mass is 79.9. The molecule has 0 unspecified atom stereocenters. The van der Waals surface area contributed by atoms with Crippen molar-refractivity contribution in [3.63, 3.8) is 0 Å². The largest absolute Gasteiger partial charge is 0.488 e. The Labute approximate surface area is 156 Å². The summed E-state index contributed by atoms with van der Waals surface area (Å²) in [5.74, 6) is 0.442. The van der Waals surface area contributed by atoms with Gasteiger partial charge in [-0.25, -0.2) is 4.79 Å². The standard InChI is InChI=1S/C18H14BrNO6/c1-10-17(18(21)24-2)13-7-16(14(19)8-15(13)26-10)25-9-11-4-3-5-12(6-11)20(22)23/h3-8H,9H2,1-2H3. The Morgan fingerprint density at radius 1 is 1.31 bits per heavy atom. The van der Waals surface area contributed by atoms with Gasteiger partial charge >= 0.3 is 5.97 Å². The van der Waals surface area contributed by atoms with E-state index >= 15 is 0 Å². The number of hydrogen-bond acceptors (Lipinski definition) is 6. The molecule has 0 fully saturated rings.